The predicted molar refractivity (Wildman–Crippen MR) is 73.9 cm³/mol. The molecule has 0 bridgehead atoms. The summed E-state index contributed by atoms with van der Waals surface area (Å²) in [5.41, 5.74) is 0.964. The molecule has 2 rings (SSSR count). The van der Waals surface area contributed by atoms with Crippen LogP contribution in [-0.4, -0.2) is 16.1 Å². The van der Waals surface area contributed by atoms with E-state index in [4.69, 9.17) is 0 Å². The quantitative estimate of drug-likeness (QED) is 0.897. The maximum atomic E-state index is 11.2. The van der Waals surface area contributed by atoms with Crippen LogP contribution in [0.3, 0.4) is 0 Å². The lowest BCUT2D eigenvalue weighted by atomic mass is 9.94. The van der Waals surface area contributed by atoms with Gasteiger partial charge in [-0.25, -0.2) is 4.98 Å². The molecule has 0 aliphatic heterocycles. The Kier molecular flexibility index (Phi) is 3.97. The first-order chi connectivity index (χ1) is 8.56. The van der Waals surface area contributed by atoms with Crippen molar-refractivity contribution in [1.82, 2.24) is 4.98 Å². The number of para-hydroxylation sites is 1. The van der Waals surface area contributed by atoms with Gasteiger partial charge < -0.3 is 5.11 Å². The minimum Gasteiger partial charge on any atom is -0.481 e. The van der Waals surface area contributed by atoms with Gasteiger partial charge in [0.15, 0.2) is 0 Å². The Hall–Kier alpha value is -1.42. The molecule has 1 unspecified atom stereocenters. The number of rotatable bonds is 5. The number of aromatic nitrogens is 1. The molecule has 0 spiro atoms. The first-order valence-corrected chi connectivity index (χ1v) is 6.95. The molecule has 0 saturated heterocycles. The molecule has 0 aliphatic rings. The van der Waals surface area contributed by atoms with E-state index in [0.717, 1.165) is 15.2 Å². The van der Waals surface area contributed by atoms with E-state index in [1.54, 1.807) is 11.3 Å². The molecule has 18 heavy (non-hydrogen) atoms. The molecule has 4 heteroatoms. The molecule has 1 heterocycles. The smallest absolute Gasteiger partial charge is 0.306 e. The maximum Gasteiger partial charge on any atom is 0.306 e. The second-order valence-corrected chi connectivity index (χ2v) is 6.06. The van der Waals surface area contributed by atoms with Gasteiger partial charge in [-0.05, 0) is 24.5 Å². The van der Waals surface area contributed by atoms with Crippen LogP contribution in [0.25, 0.3) is 10.2 Å². The zero-order valence-corrected chi connectivity index (χ0v) is 11.4. The fraction of sp³-hybridized carbons (Fsp3) is 0.429. The summed E-state index contributed by atoms with van der Waals surface area (Å²) in [5.74, 6) is -0.658. The lowest BCUT2D eigenvalue weighted by molar-refractivity contribution is -0.142. The van der Waals surface area contributed by atoms with Crippen molar-refractivity contribution in [3.8, 4) is 0 Å². The summed E-state index contributed by atoms with van der Waals surface area (Å²) in [6.07, 6.45) is 1.23. The van der Waals surface area contributed by atoms with E-state index in [0.29, 0.717) is 18.8 Å². The maximum absolute atomic E-state index is 11.2. The SMILES string of the molecule is CC(C)CC(Cc1nc2ccccc2s1)C(=O)O. The highest BCUT2D eigenvalue weighted by Crippen LogP contribution is 2.25. The van der Waals surface area contributed by atoms with Crippen LogP contribution in [0.4, 0.5) is 0 Å². The van der Waals surface area contributed by atoms with Crippen LogP contribution in [0.2, 0.25) is 0 Å². The number of carboxylic acid groups (broad SMARTS) is 1. The van der Waals surface area contributed by atoms with Crippen LogP contribution < -0.4 is 0 Å². The number of thiazole rings is 1. The van der Waals surface area contributed by atoms with Crippen molar-refractivity contribution in [3.05, 3.63) is 29.3 Å². The van der Waals surface area contributed by atoms with Crippen LogP contribution >= 0.6 is 11.3 Å². The number of nitrogens with zero attached hydrogens (tertiary/aromatic N) is 1. The Labute approximate surface area is 110 Å². The first kappa shape index (κ1) is 13.0. The van der Waals surface area contributed by atoms with Crippen molar-refractivity contribution < 1.29 is 9.90 Å². The molecule has 0 aliphatic carbocycles. The Morgan fingerprint density at radius 1 is 1.39 bits per heavy atom. The normalized spacial score (nSPS) is 13.1. The Morgan fingerprint density at radius 2 is 2.11 bits per heavy atom. The minimum absolute atomic E-state index is 0.328. The van der Waals surface area contributed by atoms with Crippen LogP contribution in [0.15, 0.2) is 24.3 Å². The summed E-state index contributed by atoms with van der Waals surface area (Å²) in [7, 11) is 0. The van der Waals surface area contributed by atoms with E-state index in [1.165, 1.54) is 0 Å². The Morgan fingerprint density at radius 3 is 2.72 bits per heavy atom. The van der Waals surface area contributed by atoms with E-state index in [1.807, 2.05) is 38.1 Å². The van der Waals surface area contributed by atoms with Crippen molar-refractivity contribution in [2.24, 2.45) is 11.8 Å². The number of carbonyl (C=O) groups is 1. The highest BCUT2D eigenvalue weighted by Gasteiger charge is 2.21. The van der Waals surface area contributed by atoms with Crippen molar-refractivity contribution in [3.63, 3.8) is 0 Å². The Balaban J connectivity index is 2.17. The Bertz CT molecular complexity index is 514. The van der Waals surface area contributed by atoms with E-state index in [-0.39, 0.29) is 5.92 Å². The molecule has 3 nitrogen and oxygen atoms in total. The topological polar surface area (TPSA) is 50.2 Å². The monoisotopic (exact) mass is 263 g/mol. The van der Waals surface area contributed by atoms with E-state index in [9.17, 15) is 9.90 Å². The standard InChI is InChI=1S/C14H17NO2S/c1-9(2)7-10(14(16)17)8-13-15-11-5-3-4-6-12(11)18-13/h3-6,9-10H,7-8H2,1-2H3,(H,16,17). The van der Waals surface area contributed by atoms with Crippen molar-refractivity contribution >= 4 is 27.5 Å². The number of hydrogen-bond acceptors (Lipinski definition) is 3. The summed E-state index contributed by atoms with van der Waals surface area (Å²) < 4.78 is 1.13. The van der Waals surface area contributed by atoms with Crippen molar-refractivity contribution in [2.75, 3.05) is 0 Å². The molecular formula is C14H17NO2S. The predicted octanol–water partition coefficient (Wildman–Crippen LogP) is 3.59. The third-order valence-corrected chi connectivity index (χ3v) is 3.92. The number of hydrogen-bond donors (Lipinski definition) is 1. The number of fused-ring (bicyclic) bond motifs is 1. The van der Waals surface area contributed by atoms with Gasteiger partial charge in [-0.3, -0.25) is 4.79 Å². The average Bonchev–Trinajstić information content (AvgIpc) is 2.69. The van der Waals surface area contributed by atoms with Gasteiger partial charge in [0.05, 0.1) is 21.1 Å². The molecule has 96 valence electrons. The molecule has 1 atom stereocenters. The summed E-state index contributed by atoms with van der Waals surface area (Å²) in [5, 5.41) is 10.2. The zero-order valence-electron chi connectivity index (χ0n) is 10.6. The van der Waals surface area contributed by atoms with Gasteiger partial charge in [-0.15, -0.1) is 11.3 Å². The molecule has 0 fully saturated rings. The molecule has 1 aromatic carbocycles. The van der Waals surface area contributed by atoms with Crippen LogP contribution in [0, 0.1) is 11.8 Å². The molecule has 1 aromatic heterocycles. The van der Waals surface area contributed by atoms with Crippen molar-refractivity contribution in [2.45, 2.75) is 26.7 Å². The second kappa shape index (κ2) is 5.48. The first-order valence-electron chi connectivity index (χ1n) is 6.13. The summed E-state index contributed by atoms with van der Waals surface area (Å²) in [4.78, 5) is 15.7. The molecule has 0 radical (unpaired) electrons. The second-order valence-electron chi connectivity index (χ2n) is 4.94. The fourth-order valence-corrected chi connectivity index (χ4v) is 3.11. The van der Waals surface area contributed by atoms with E-state index >= 15 is 0 Å². The van der Waals surface area contributed by atoms with Gasteiger partial charge in [0.2, 0.25) is 0 Å². The average molecular weight is 263 g/mol. The van der Waals surface area contributed by atoms with Crippen LogP contribution in [0.1, 0.15) is 25.3 Å². The minimum atomic E-state index is -0.719. The van der Waals surface area contributed by atoms with Gasteiger partial charge in [0.25, 0.3) is 0 Å². The van der Waals surface area contributed by atoms with E-state index in [2.05, 4.69) is 4.98 Å². The number of carboxylic acids is 1. The number of aliphatic carboxylic acids is 1. The van der Waals surface area contributed by atoms with Gasteiger partial charge in [-0.1, -0.05) is 26.0 Å². The fourth-order valence-electron chi connectivity index (χ4n) is 2.06. The van der Waals surface area contributed by atoms with Gasteiger partial charge in [0.1, 0.15) is 0 Å². The van der Waals surface area contributed by atoms with Crippen LogP contribution in [0.5, 0.6) is 0 Å². The van der Waals surface area contributed by atoms with Gasteiger partial charge in [-0.2, -0.15) is 0 Å². The van der Waals surface area contributed by atoms with Gasteiger partial charge in [0, 0.05) is 6.42 Å². The molecular weight excluding hydrogens is 246 g/mol. The third kappa shape index (κ3) is 3.07. The highest BCUT2D eigenvalue weighted by atomic mass is 32.1. The molecule has 2 aromatic rings. The molecule has 0 amide bonds. The zero-order chi connectivity index (χ0) is 13.1. The van der Waals surface area contributed by atoms with Crippen LogP contribution in [-0.2, 0) is 11.2 Å². The highest BCUT2D eigenvalue weighted by molar-refractivity contribution is 7.18. The number of benzene rings is 1. The molecule has 1 N–H and O–H groups in total. The summed E-state index contributed by atoms with van der Waals surface area (Å²) in [6.45, 7) is 4.10. The lowest BCUT2D eigenvalue weighted by Crippen LogP contribution is -2.18. The molecule has 0 saturated carbocycles. The lowest BCUT2D eigenvalue weighted by Gasteiger charge is -2.12. The van der Waals surface area contributed by atoms with E-state index < -0.39 is 5.97 Å². The van der Waals surface area contributed by atoms with Crippen molar-refractivity contribution in [1.29, 1.82) is 0 Å². The summed E-state index contributed by atoms with van der Waals surface area (Å²) in [6, 6.07) is 7.92. The third-order valence-electron chi connectivity index (χ3n) is 2.86. The van der Waals surface area contributed by atoms with Gasteiger partial charge >= 0.3 is 5.97 Å². The summed E-state index contributed by atoms with van der Waals surface area (Å²) >= 11 is 1.60. The largest absolute Gasteiger partial charge is 0.481 e.